The van der Waals surface area contributed by atoms with Crippen molar-refractivity contribution in [1.29, 1.82) is 0 Å². The summed E-state index contributed by atoms with van der Waals surface area (Å²) in [7, 11) is 1.52. The lowest BCUT2D eigenvalue weighted by Crippen LogP contribution is -2.57. The molecule has 0 aliphatic carbocycles. The molecule has 1 atom stereocenters. The predicted molar refractivity (Wildman–Crippen MR) is 77.4 cm³/mol. The van der Waals surface area contributed by atoms with E-state index in [1.807, 2.05) is 27.7 Å². The van der Waals surface area contributed by atoms with Crippen molar-refractivity contribution in [2.45, 2.75) is 39.3 Å². The number of hydrogen-bond donors (Lipinski definition) is 1. The predicted octanol–water partition coefficient (Wildman–Crippen LogP) is 0.0802. The van der Waals surface area contributed by atoms with E-state index in [1.54, 1.807) is 4.90 Å². The van der Waals surface area contributed by atoms with Crippen molar-refractivity contribution in [3.63, 3.8) is 0 Å². The average Bonchev–Trinajstić information content (AvgIpc) is 2.36. The fourth-order valence-corrected chi connectivity index (χ4v) is 2.21. The Kier molecular flexibility index (Phi) is 5.95. The van der Waals surface area contributed by atoms with E-state index in [0.29, 0.717) is 26.2 Å². The Morgan fingerprint density at radius 2 is 1.75 bits per heavy atom. The summed E-state index contributed by atoms with van der Waals surface area (Å²) in [5.74, 6) is 0.0492. The number of nitrogens with zero attached hydrogens (tertiary/aromatic N) is 2. The molecule has 1 fully saturated rings. The second-order valence-electron chi connectivity index (χ2n) is 6.26. The molecule has 116 valence electrons. The fourth-order valence-electron chi connectivity index (χ4n) is 2.21. The Hall–Kier alpha value is -1.14. The van der Waals surface area contributed by atoms with Crippen LogP contribution in [0.25, 0.3) is 0 Å². The maximum Gasteiger partial charge on any atom is 0.248 e. The second kappa shape index (κ2) is 7.04. The Morgan fingerprint density at radius 3 is 2.20 bits per heavy atom. The van der Waals surface area contributed by atoms with Crippen LogP contribution in [-0.4, -0.2) is 73.1 Å². The number of nitrogens with one attached hydrogen (secondary N) is 1. The molecule has 1 aliphatic heterocycles. The molecular formula is C14H27N3O3. The molecule has 20 heavy (non-hydrogen) atoms. The summed E-state index contributed by atoms with van der Waals surface area (Å²) >= 11 is 0. The minimum absolute atomic E-state index is 0.0129. The zero-order valence-electron chi connectivity index (χ0n) is 13.2. The quantitative estimate of drug-likeness (QED) is 0.794. The van der Waals surface area contributed by atoms with Gasteiger partial charge in [0.25, 0.3) is 0 Å². The standard InChI is InChI=1S/C14H27N3O3/c1-11(13(19)15-14(2,3)4)16-6-8-17(9-7-16)12(18)10-20-5/h11H,6-10H2,1-5H3,(H,15,19). The van der Waals surface area contributed by atoms with Gasteiger partial charge in [-0.25, -0.2) is 0 Å². The van der Waals surface area contributed by atoms with Crippen molar-refractivity contribution in [2.24, 2.45) is 0 Å². The normalized spacial score (nSPS) is 18.8. The number of carbonyl (C=O) groups is 2. The van der Waals surface area contributed by atoms with Crippen molar-refractivity contribution >= 4 is 11.8 Å². The van der Waals surface area contributed by atoms with E-state index < -0.39 is 0 Å². The molecule has 1 saturated heterocycles. The van der Waals surface area contributed by atoms with Crippen molar-refractivity contribution in [3.8, 4) is 0 Å². The van der Waals surface area contributed by atoms with E-state index in [0.717, 1.165) is 0 Å². The summed E-state index contributed by atoms with van der Waals surface area (Å²) in [5.41, 5.74) is -0.221. The van der Waals surface area contributed by atoms with Gasteiger partial charge in [0.2, 0.25) is 11.8 Å². The molecule has 0 aromatic rings. The van der Waals surface area contributed by atoms with E-state index in [1.165, 1.54) is 7.11 Å². The van der Waals surface area contributed by atoms with Crippen molar-refractivity contribution in [1.82, 2.24) is 15.1 Å². The van der Waals surface area contributed by atoms with Gasteiger partial charge in [-0.1, -0.05) is 0 Å². The first-order valence-electron chi connectivity index (χ1n) is 7.07. The number of amides is 2. The van der Waals surface area contributed by atoms with Crippen LogP contribution in [0.1, 0.15) is 27.7 Å². The highest BCUT2D eigenvalue weighted by molar-refractivity contribution is 5.82. The van der Waals surface area contributed by atoms with Crippen LogP contribution in [0, 0.1) is 0 Å². The molecule has 1 N–H and O–H groups in total. The maximum absolute atomic E-state index is 12.1. The lowest BCUT2D eigenvalue weighted by Gasteiger charge is -2.38. The van der Waals surface area contributed by atoms with Gasteiger partial charge >= 0.3 is 0 Å². The molecule has 0 spiro atoms. The van der Waals surface area contributed by atoms with Gasteiger partial charge in [-0.05, 0) is 27.7 Å². The third-order valence-corrected chi connectivity index (χ3v) is 3.36. The van der Waals surface area contributed by atoms with Crippen LogP contribution in [0.2, 0.25) is 0 Å². The van der Waals surface area contributed by atoms with E-state index in [4.69, 9.17) is 4.74 Å². The minimum atomic E-state index is -0.221. The van der Waals surface area contributed by atoms with Crippen LogP contribution in [0.3, 0.4) is 0 Å². The van der Waals surface area contributed by atoms with Crippen LogP contribution < -0.4 is 5.32 Å². The van der Waals surface area contributed by atoms with Gasteiger partial charge in [-0.15, -0.1) is 0 Å². The van der Waals surface area contributed by atoms with Gasteiger partial charge in [0.05, 0.1) is 6.04 Å². The largest absolute Gasteiger partial charge is 0.375 e. The SMILES string of the molecule is COCC(=O)N1CCN(C(C)C(=O)NC(C)(C)C)CC1. The molecule has 0 saturated carbocycles. The van der Waals surface area contributed by atoms with Gasteiger partial charge in [-0.3, -0.25) is 14.5 Å². The third-order valence-electron chi connectivity index (χ3n) is 3.36. The lowest BCUT2D eigenvalue weighted by molar-refractivity contribution is -0.137. The van der Waals surface area contributed by atoms with Crippen LogP contribution in [0.15, 0.2) is 0 Å². The smallest absolute Gasteiger partial charge is 0.248 e. The molecule has 1 aliphatic rings. The zero-order chi connectivity index (χ0) is 15.3. The van der Waals surface area contributed by atoms with Crippen LogP contribution in [0.5, 0.6) is 0 Å². The lowest BCUT2D eigenvalue weighted by atomic mass is 10.1. The minimum Gasteiger partial charge on any atom is -0.375 e. The summed E-state index contributed by atoms with van der Waals surface area (Å²) in [4.78, 5) is 27.7. The Bertz CT molecular complexity index is 344. The monoisotopic (exact) mass is 285 g/mol. The molecule has 6 nitrogen and oxygen atoms in total. The molecule has 2 amide bonds. The van der Waals surface area contributed by atoms with E-state index in [2.05, 4.69) is 10.2 Å². The summed E-state index contributed by atoms with van der Waals surface area (Å²) in [6.07, 6.45) is 0. The molecule has 1 rings (SSSR count). The highest BCUT2D eigenvalue weighted by Gasteiger charge is 2.28. The molecule has 1 heterocycles. The number of hydrogen-bond acceptors (Lipinski definition) is 4. The second-order valence-corrected chi connectivity index (χ2v) is 6.26. The third kappa shape index (κ3) is 5.09. The van der Waals surface area contributed by atoms with Gasteiger partial charge in [-0.2, -0.15) is 0 Å². The molecule has 0 radical (unpaired) electrons. The highest BCUT2D eigenvalue weighted by Crippen LogP contribution is 2.09. The fraction of sp³-hybridized carbons (Fsp3) is 0.857. The molecule has 6 heteroatoms. The summed E-state index contributed by atoms with van der Waals surface area (Å²) in [6, 6.07) is -0.172. The van der Waals surface area contributed by atoms with Gasteiger partial charge in [0, 0.05) is 38.8 Å². The first kappa shape index (κ1) is 16.9. The number of ether oxygens (including phenoxy) is 1. The zero-order valence-corrected chi connectivity index (χ0v) is 13.2. The first-order valence-corrected chi connectivity index (χ1v) is 7.07. The highest BCUT2D eigenvalue weighted by atomic mass is 16.5. The molecule has 1 unspecified atom stereocenters. The Morgan fingerprint density at radius 1 is 1.20 bits per heavy atom. The molecule has 0 bridgehead atoms. The van der Waals surface area contributed by atoms with Crippen LogP contribution in [-0.2, 0) is 14.3 Å². The topological polar surface area (TPSA) is 61.9 Å². The number of piperazine rings is 1. The molecule has 0 aromatic carbocycles. The van der Waals surface area contributed by atoms with Crippen molar-refractivity contribution in [2.75, 3.05) is 39.9 Å². The van der Waals surface area contributed by atoms with E-state index >= 15 is 0 Å². The van der Waals surface area contributed by atoms with E-state index in [-0.39, 0.29) is 30.0 Å². The van der Waals surface area contributed by atoms with E-state index in [9.17, 15) is 9.59 Å². The van der Waals surface area contributed by atoms with Crippen LogP contribution in [0.4, 0.5) is 0 Å². The Balaban J connectivity index is 2.44. The van der Waals surface area contributed by atoms with Crippen LogP contribution >= 0.6 is 0 Å². The molecule has 0 aromatic heterocycles. The van der Waals surface area contributed by atoms with Gasteiger partial charge in [0.1, 0.15) is 6.61 Å². The maximum atomic E-state index is 12.1. The molecular weight excluding hydrogens is 258 g/mol. The van der Waals surface area contributed by atoms with Gasteiger partial charge in [0.15, 0.2) is 0 Å². The average molecular weight is 285 g/mol. The number of carbonyl (C=O) groups excluding carboxylic acids is 2. The van der Waals surface area contributed by atoms with Gasteiger partial charge < -0.3 is 15.0 Å². The summed E-state index contributed by atoms with van der Waals surface area (Å²) in [6.45, 7) is 10.7. The number of rotatable bonds is 4. The first-order chi connectivity index (χ1) is 9.24. The summed E-state index contributed by atoms with van der Waals surface area (Å²) < 4.78 is 4.86. The van der Waals surface area contributed by atoms with Crippen molar-refractivity contribution in [3.05, 3.63) is 0 Å². The Labute approximate surface area is 121 Å². The summed E-state index contributed by atoms with van der Waals surface area (Å²) in [5, 5.41) is 2.99. The van der Waals surface area contributed by atoms with Crippen molar-refractivity contribution < 1.29 is 14.3 Å². The number of methoxy groups -OCH3 is 1.